The second kappa shape index (κ2) is 3.99. The molecule has 1 aliphatic carbocycles. The predicted octanol–water partition coefficient (Wildman–Crippen LogP) is 1.40. The topological polar surface area (TPSA) is 49.3 Å². The summed E-state index contributed by atoms with van der Waals surface area (Å²) >= 11 is 6.48. The van der Waals surface area contributed by atoms with Crippen molar-refractivity contribution >= 4 is 17.6 Å². The van der Waals surface area contributed by atoms with Gasteiger partial charge in [-0.15, -0.1) is 11.6 Å². The third-order valence-electron chi connectivity index (χ3n) is 3.20. The van der Waals surface area contributed by atoms with E-state index in [0.717, 1.165) is 19.5 Å². The molecule has 0 radical (unpaired) electrons. The van der Waals surface area contributed by atoms with Crippen molar-refractivity contribution in [1.29, 1.82) is 0 Å². The van der Waals surface area contributed by atoms with E-state index in [9.17, 15) is 4.79 Å². The Labute approximate surface area is 93.8 Å². The number of aliphatic carboxylic acids is 1. The fraction of sp³-hybridized carbons (Fsp3) is 0.545. The van der Waals surface area contributed by atoms with Gasteiger partial charge in [-0.2, -0.15) is 0 Å². The van der Waals surface area contributed by atoms with Crippen molar-refractivity contribution in [2.45, 2.75) is 11.3 Å². The Hall–Kier alpha value is -0.800. The molecule has 3 unspecified atom stereocenters. The number of carboxylic acids is 1. The molecule has 0 bridgehead atoms. The molecule has 1 heterocycles. The number of carboxylic acid groups (broad SMARTS) is 1. The summed E-state index contributed by atoms with van der Waals surface area (Å²) in [6.07, 6.45) is 8.02. The number of hydrogen-bond donors (Lipinski definition) is 2. The molecule has 2 N–H and O–H groups in total. The van der Waals surface area contributed by atoms with Gasteiger partial charge in [-0.3, -0.25) is 4.79 Å². The molecule has 4 heteroatoms. The second-order valence-corrected chi connectivity index (χ2v) is 4.73. The number of allylic oxidation sites excluding steroid dienone is 3. The minimum atomic E-state index is -0.850. The van der Waals surface area contributed by atoms with Crippen molar-refractivity contribution in [1.82, 2.24) is 5.32 Å². The molecule has 2 aliphatic rings. The van der Waals surface area contributed by atoms with Crippen LogP contribution in [0.4, 0.5) is 0 Å². The molecule has 15 heavy (non-hydrogen) atoms. The van der Waals surface area contributed by atoms with E-state index in [1.165, 1.54) is 0 Å². The van der Waals surface area contributed by atoms with E-state index in [-0.39, 0.29) is 5.92 Å². The van der Waals surface area contributed by atoms with Crippen molar-refractivity contribution in [3.8, 4) is 0 Å². The van der Waals surface area contributed by atoms with Crippen LogP contribution in [0, 0.1) is 11.8 Å². The van der Waals surface area contributed by atoms with Gasteiger partial charge in [0, 0.05) is 6.54 Å². The molecule has 0 aromatic carbocycles. The number of halogens is 1. The number of carbonyl (C=O) groups is 1. The summed E-state index contributed by atoms with van der Waals surface area (Å²) in [5, 5.41) is 12.4. The van der Waals surface area contributed by atoms with Crippen molar-refractivity contribution in [2.75, 3.05) is 13.1 Å². The quantitative estimate of drug-likeness (QED) is 0.702. The highest BCUT2D eigenvalue weighted by Crippen LogP contribution is 2.41. The van der Waals surface area contributed by atoms with E-state index in [1.54, 1.807) is 12.2 Å². The van der Waals surface area contributed by atoms with Crippen LogP contribution in [0.3, 0.4) is 0 Å². The highest BCUT2D eigenvalue weighted by molar-refractivity contribution is 6.27. The molecule has 1 saturated heterocycles. The van der Waals surface area contributed by atoms with Crippen LogP contribution < -0.4 is 5.32 Å². The molecule has 3 atom stereocenters. The van der Waals surface area contributed by atoms with Gasteiger partial charge < -0.3 is 10.4 Å². The lowest BCUT2D eigenvalue weighted by atomic mass is 9.77. The van der Waals surface area contributed by atoms with Gasteiger partial charge >= 0.3 is 5.97 Å². The first kappa shape index (κ1) is 10.7. The summed E-state index contributed by atoms with van der Waals surface area (Å²) in [6, 6.07) is 0. The Morgan fingerprint density at radius 3 is 2.93 bits per heavy atom. The molecule has 2 rings (SSSR count). The van der Waals surface area contributed by atoms with Gasteiger partial charge in [-0.25, -0.2) is 0 Å². The number of alkyl halides is 1. The monoisotopic (exact) mass is 227 g/mol. The predicted molar refractivity (Wildman–Crippen MR) is 59.0 cm³/mol. The Kier molecular flexibility index (Phi) is 2.85. The van der Waals surface area contributed by atoms with Crippen LogP contribution in [0.15, 0.2) is 24.3 Å². The van der Waals surface area contributed by atoms with E-state index in [1.807, 2.05) is 12.2 Å². The summed E-state index contributed by atoms with van der Waals surface area (Å²) in [6.45, 7) is 1.72. The lowest BCUT2D eigenvalue weighted by molar-refractivity contribution is -0.141. The maximum absolute atomic E-state index is 11.1. The van der Waals surface area contributed by atoms with Crippen molar-refractivity contribution in [3.63, 3.8) is 0 Å². The Morgan fingerprint density at radius 2 is 2.33 bits per heavy atom. The first-order valence-electron chi connectivity index (χ1n) is 5.13. The lowest BCUT2D eigenvalue weighted by Crippen LogP contribution is -2.43. The maximum Gasteiger partial charge on any atom is 0.312 e. The summed E-state index contributed by atoms with van der Waals surface area (Å²) in [4.78, 5) is 10.4. The molecule has 0 amide bonds. The first-order valence-corrected chi connectivity index (χ1v) is 5.51. The fourth-order valence-electron chi connectivity index (χ4n) is 2.32. The molecule has 0 aromatic heterocycles. The molecule has 1 aliphatic heterocycles. The number of nitrogens with one attached hydrogen (secondary N) is 1. The average molecular weight is 228 g/mol. The summed E-state index contributed by atoms with van der Waals surface area (Å²) in [5.74, 6) is -1.27. The summed E-state index contributed by atoms with van der Waals surface area (Å²) in [7, 11) is 0. The van der Waals surface area contributed by atoms with Crippen molar-refractivity contribution in [3.05, 3.63) is 24.3 Å². The van der Waals surface area contributed by atoms with Crippen molar-refractivity contribution < 1.29 is 9.90 Å². The van der Waals surface area contributed by atoms with E-state index in [2.05, 4.69) is 5.32 Å². The van der Waals surface area contributed by atoms with Gasteiger partial charge in [0.15, 0.2) is 0 Å². The minimum Gasteiger partial charge on any atom is -0.481 e. The third-order valence-corrected chi connectivity index (χ3v) is 3.86. The zero-order valence-electron chi connectivity index (χ0n) is 8.32. The minimum absolute atomic E-state index is 0.196. The Balaban J connectivity index is 2.26. The molecule has 0 saturated carbocycles. The molecule has 1 fully saturated rings. The average Bonchev–Trinajstić information content (AvgIpc) is 2.71. The summed E-state index contributed by atoms with van der Waals surface area (Å²) in [5.41, 5.74) is 0. The highest BCUT2D eigenvalue weighted by Gasteiger charge is 2.46. The van der Waals surface area contributed by atoms with Gasteiger partial charge in [0.1, 0.15) is 0 Å². The van der Waals surface area contributed by atoms with Gasteiger partial charge in [-0.1, -0.05) is 24.3 Å². The van der Waals surface area contributed by atoms with Crippen LogP contribution in [0.1, 0.15) is 6.42 Å². The SMILES string of the molecule is O=C(O)C1C=CC=CC1(Cl)C1CCNC1. The zero-order chi connectivity index (χ0) is 10.9. The normalized spacial score (nSPS) is 39.5. The molecule has 0 aromatic rings. The molecule has 0 spiro atoms. The van der Waals surface area contributed by atoms with Crippen LogP contribution in [0.2, 0.25) is 0 Å². The van der Waals surface area contributed by atoms with Crippen LogP contribution in [0.5, 0.6) is 0 Å². The lowest BCUT2D eigenvalue weighted by Gasteiger charge is -2.35. The Morgan fingerprint density at radius 1 is 1.53 bits per heavy atom. The fourth-order valence-corrected chi connectivity index (χ4v) is 2.75. The third kappa shape index (κ3) is 1.82. The Bertz CT molecular complexity index is 321. The van der Waals surface area contributed by atoms with E-state index >= 15 is 0 Å². The second-order valence-electron chi connectivity index (χ2n) is 4.08. The molecular weight excluding hydrogens is 214 g/mol. The van der Waals surface area contributed by atoms with Crippen LogP contribution >= 0.6 is 11.6 Å². The smallest absolute Gasteiger partial charge is 0.312 e. The van der Waals surface area contributed by atoms with E-state index in [0.29, 0.717) is 0 Å². The number of rotatable bonds is 2. The van der Waals surface area contributed by atoms with Crippen LogP contribution in [-0.4, -0.2) is 29.0 Å². The van der Waals surface area contributed by atoms with Crippen LogP contribution in [-0.2, 0) is 4.79 Å². The van der Waals surface area contributed by atoms with Gasteiger partial charge in [0.05, 0.1) is 10.8 Å². The van der Waals surface area contributed by atoms with E-state index < -0.39 is 16.8 Å². The summed E-state index contributed by atoms with van der Waals surface area (Å²) < 4.78 is 0. The first-order chi connectivity index (χ1) is 7.14. The molecule has 82 valence electrons. The van der Waals surface area contributed by atoms with Gasteiger partial charge in [-0.05, 0) is 18.9 Å². The van der Waals surface area contributed by atoms with E-state index in [4.69, 9.17) is 16.7 Å². The maximum atomic E-state index is 11.1. The van der Waals surface area contributed by atoms with Crippen LogP contribution in [0.25, 0.3) is 0 Å². The largest absolute Gasteiger partial charge is 0.481 e. The molecule has 3 nitrogen and oxygen atoms in total. The standard InChI is InChI=1S/C11H14ClNO2/c12-11(8-4-6-13-7-8)5-2-1-3-9(11)10(14)15/h1-3,5,8-9,13H,4,6-7H2,(H,14,15). The highest BCUT2D eigenvalue weighted by atomic mass is 35.5. The zero-order valence-corrected chi connectivity index (χ0v) is 9.07. The van der Waals surface area contributed by atoms with Gasteiger partial charge in [0.2, 0.25) is 0 Å². The molecular formula is C11H14ClNO2. The number of hydrogen-bond acceptors (Lipinski definition) is 2. The van der Waals surface area contributed by atoms with Crippen molar-refractivity contribution in [2.24, 2.45) is 11.8 Å². The van der Waals surface area contributed by atoms with Gasteiger partial charge in [0.25, 0.3) is 0 Å².